The molecule has 1 atom stereocenters. The fourth-order valence-corrected chi connectivity index (χ4v) is 3.86. The number of ether oxygens (including phenoxy) is 1. The lowest BCUT2D eigenvalue weighted by atomic mass is 9.70. The van der Waals surface area contributed by atoms with E-state index in [1.807, 2.05) is 57.3 Å². The quantitative estimate of drug-likeness (QED) is 0.643. The highest BCUT2D eigenvalue weighted by Gasteiger charge is 2.41. The number of aliphatic hydroxyl groups is 1. The van der Waals surface area contributed by atoms with Gasteiger partial charge in [0.2, 0.25) is 0 Å². The summed E-state index contributed by atoms with van der Waals surface area (Å²) in [5.74, 6) is 0.186. The number of esters is 1. The molecule has 0 saturated heterocycles. The molecule has 0 saturated carbocycles. The van der Waals surface area contributed by atoms with Gasteiger partial charge in [0.05, 0.1) is 18.6 Å². The Kier molecular flexibility index (Phi) is 5.71. The lowest BCUT2D eigenvalue weighted by Crippen LogP contribution is -2.34. The number of fused-ring (bicyclic) bond motifs is 1. The Hall–Kier alpha value is -2.80. The van der Waals surface area contributed by atoms with Crippen LogP contribution >= 0.6 is 0 Å². The average molecular weight is 396 g/mol. The SMILES string of the molecule is CCOC(=O)C(C)(C)[C@@H](c1cnc(C)c(CO)c1)c1ccn2c(C)nnc2c1C. The molecular formula is C22H28N4O3. The smallest absolute Gasteiger partial charge is 0.312 e. The number of aryl methyl sites for hydroxylation is 3. The Morgan fingerprint density at radius 3 is 2.66 bits per heavy atom. The summed E-state index contributed by atoms with van der Waals surface area (Å²) in [4.78, 5) is 17.4. The lowest BCUT2D eigenvalue weighted by molar-refractivity contribution is -0.154. The first-order chi connectivity index (χ1) is 13.7. The van der Waals surface area contributed by atoms with Gasteiger partial charge >= 0.3 is 5.97 Å². The predicted molar refractivity (Wildman–Crippen MR) is 110 cm³/mol. The standard InChI is InChI=1S/C22H28N4O3/c1-7-29-21(28)22(5,6)19(16-10-17(12-27)14(3)23-11-16)18-8-9-26-15(4)24-25-20(26)13(18)2/h8-11,19,27H,7,12H2,1-6H3/t19-/m0/s1. The van der Waals surface area contributed by atoms with Crippen molar-refractivity contribution in [1.29, 1.82) is 0 Å². The van der Waals surface area contributed by atoms with Gasteiger partial charge in [-0.1, -0.05) is 0 Å². The van der Waals surface area contributed by atoms with Gasteiger partial charge in [-0.3, -0.25) is 14.2 Å². The molecule has 29 heavy (non-hydrogen) atoms. The topological polar surface area (TPSA) is 89.6 Å². The minimum atomic E-state index is -0.863. The molecule has 1 N–H and O–H groups in total. The Morgan fingerprint density at radius 1 is 1.28 bits per heavy atom. The lowest BCUT2D eigenvalue weighted by Gasteiger charge is -2.34. The predicted octanol–water partition coefficient (Wildman–Crippen LogP) is 3.26. The van der Waals surface area contributed by atoms with Gasteiger partial charge in [-0.05, 0) is 75.9 Å². The molecule has 3 heterocycles. The van der Waals surface area contributed by atoms with E-state index in [-0.39, 0.29) is 18.5 Å². The van der Waals surface area contributed by atoms with Crippen LogP contribution in [-0.4, -0.2) is 37.3 Å². The van der Waals surface area contributed by atoms with Gasteiger partial charge in [0.15, 0.2) is 5.65 Å². The molecule has 0 aliphatic rings. The van der Waals surface area contributed by atoms with Gasteiger partial charge in [-0.25, -0.2) is 0 Å². The van der Waals surface area contributed by atoms with E-state index in [9.17, 15) is 9.90 Å². The largest absolute Gasteiger partial charge is 0.466 e. The minimum absolute atomic E-state index is 0.110. The third kappa shape index (κ3) is 3.62. The van der Waals surface area contributed by atoms with E-state index in [0.29, 0.717) is 6.61 Å². The highest BCUT2D eigenvalue weighted by Crippen LogP contribution is 2.43. The number of hydrogen-bond donors (Lipinski definition) is 1. The van der Waals surface area contributed by atoms with Crippen LogP contribution in [0.1, 0.15) is 60.5 Å². The number of rotatable bonds is 6. The van der Waals surface area contributed by atoms with E-state index in [1.165, 1.54) is 0 Å². The third-order valence-electron chi connectivity index (χ3n) is 5.59. The monoisotopic (exact) mass is 396 g/mol. The van der Waals surface area contributed by atoms with Crippen LogP contribution in [0.5, 0.6) is 0 Å². The van der Waals surface area contributed by atoms with Crippen LogP contribution < -0.4 is 0 Å². The average Bonchev–Trinajstić information content (AvgIpc) is 3.06. The molecule has 3 rings (SSSR count). The maximum Gasteiger partial charge on any atom is 0.312 e. The molecule has 7 heteroatoms. The van der Waals surface area contributed by atoms with Gasteiger partial charge < -0.3 is 9.84 Å². The Labute approximate surface area is 170 Å². The van der Waals surface area contributed by atoms with Gasteiger partial charge in [-0.15, -0.1) is 10.2 Å². The van der Waals surface area contributed by atoms with Crippen LogP contribution in [0.3, 0.4) is 0 Å². The van der Waals surface area contributed by atoms with E-state index in [4.69, 9.17) is 4.74 Å². The summed E-state index contributed by atoms with van der Waals surface area (Å²) in [7, 11) is 0. The van der Waals surface area contributed by atoms with E-state index < -0.39 is 5.41 Å². The highest BCUT2D eigenvalue weighted by atomic mass is 16.5. The zero-order valence-electron chi connectivity index (χ0n) is 17.9. The molecule has 0 bridgehead atoms. The normalized spacial score (nSPS) is 12.9. The molecule has 7 nitrogen and oxygen atoms in total. The van der Waals surface area contributed by atoms with Crippen molar-refractivity contribution in [3.63, 3.8) is 0 Å². The first-order valence-corrected chi connectivity index (χ1v) is 9.76. The fourth-order valence-electron chi connectivity index (χ4n) is 3.86. The highest BCUT2D eigenvalue weighted by molar-refractivity contribution is 5.78. The number of nitrogens with zero attached hydrogens (tertiary/aromatic N) is 4. The number of aliphatic hydroxyl groups excluding tert-OH is 1. The molecule has 0 radical (unpaired) electrons. The summed E-state index contributed by atoms with van der Waals surface area (Å²) in [6, 6.07) is 3.93. The second kappa shape index (κ2) is 7.91. The van der Waals surface area contributed by atoms with Crippen molar-refractivity contribution in [3.05, 3.63) is 58.3 Å². The molecule has 0 spiro atoms. The van der Waals surface area contributed by atoms with Crippen molar-refractivity contribution in [2.45, 2.75) is 54.1 Å². The second-order valence-corrected chi connectivity index (χ2v) is 7.88. The van der Waals surface area contributed by atoms with Crippen LogP contribution in [0.25, 0.3) is 5.65 Å². The molecular weight excluding hydrogens is 368 g/mol. The summed E-state index contributed by atoms with van der Waals surface area (Å²) < 4.78 is 7.33. The molecule has 0 unspecified atom stereocenters. The Morgan fingerprint density at radius 2 is 2.00 bits per heavy atom. The van der Waals surface area contributed by atoms with Gasteiger partial charge in [0, 0.05) is 24.0 Å². The van der Waals surface area contributed by atoms with Gasteiger partial charge in [0.1, 0.15) is 5.82 Å². The van der Waals surface area contributed by atoms with Crippen molar-refractivity contribution < 1.29 is 14.6 Å². The third-order valence-corrected chi connectivity index (χ3v) is 5.59. The summed E-state index contributed by atoms with van der Waals surface area (Å²) in [6.07, 6.45) is 3.70. The Balaban J connectivity index is 2.26. The van der Waals surface area contributed by atoms with E-state index in [0.717, 1.165) is 39.4 Å². The van der Waals surface area contributed by atoms with Crippen LogP contribution in [0.2, 0.25) is 0 Å². The molecule has 0 aromatic carbocycles. The second-order valence-electron chi connectivity index (χ2n) is 7.88. The molecule has 0 aliphatic heterocycles. The van der Waals surface area contributed by atoms with Crippen molar-refractivity contribution in [1.82, 2.24) is 19.6 Å². The first kappa shape index (κ1) is 20.9. The van der Waals surface area contributed by atoms with Crippen molar-refractivity contribution in [2.75, 3.05) is 6.61 Å². The van der Waals surface area contributed by atoms with E-state index >= 15 is 0 Å². The van der Waals surface area contributed by atoms with Crippen LogP contribution in [0.4, 0.5) is 0 Å². The fraction of sp³-hybridized carbons (Fsp3) is 0.455. The number of carbonyl (C=O) groups is 1. The van der Waals surface area contributed by atoms with Crippen molar-refractivity contribution in [3.8, 4) is 0 Å². The molecule has 154 valence electrons. The molecule has 0 amide bonds. The van der Waals surface area contributed by atoms with E-state index in [2.05, 4.69) is 15.2 Å². The zero-order valence-corrected chi connectivity index (χ0v) is 17.9. The molecule has 0 fully saturated rings. The number of carbonyl (C=O) groups excluding carboxylic acids is 1. The minimum Gasteiger partial charge on any atom is -0.466 e. The van der Waals surface area contributed by atoms with Crippen molar-refractivity contribution in [2.24, 2.45) is 5.41 Å². The summed E-state index contributed by atoms with van der Waals surface area (Å²) >= 11 is 0. The van der Waals surface area contributed by atoms with Crippen LogP contribution in [0, 0.1) is 26.2 Å². The zero-order chi connectivity index (χ0) is 21.3. The number of pyridine rings is 2. The van der Waals surface area contributed by atoms with Gasteiger partial charge in [0.25, 0.3) is 0 Å². The van der Waals surface area contributed by atoms with Crippen molar-refractivity contribution >= 4 is 11.6 Å². The number of aromatic nitrogens is 4. The maximum absolute atomic E-state index is 12.9. The van der Waals surface area contributed by atoms with E-state index in [1.54, 1.807) is 13.1 Å². The molecule has 3 aromatic rings. The molecule has 3 aromatic heterocycles. The summed E-state index contributed by atoms with van der Waals surface area (Å²) in [6.45, 7) is 11.5. The Bertz CT molecular complexity index is 1060. The summed E-state index contributed by atoms with van der Waals surface area (Å²) in [5.41, 5.74) is 4.15. The van der Waals surface area contributed by atoms with Gasteiger partial charge in [-0.2, -0.15) is 0 Å². The number of hydrogen-bond acceptors (Lipinski definition) is 6. The van der Waals surface area contributed by atoms with Crippen LogP contribution in [-0.2, 0) is 16.1 Å². The summed E-state index contributed by atoms with van der Waals surface area (Å²) in [5, 5.41) is 18.2. The maximum atomic E-state index is 12.9. The molecule has 0 aliphatic carbocycles. The first-order valence-electron chi connectivity index (χ1n) is 9.76. The van der Waals surface area contributed by atoms with Crippen LogP contribution in [0.15, 0.2) is 24.5 Å².